The van der Waals surface area contributed by atoms with Crippen molar-refractivity contribution in [3.05, 3.63) is 21.9 Å². The van der Waals surface area contributed by atoms with E-state index < -0.39 is 0 Å². The van der Waals surface area contributed by atoms with Crippen LogP contribution < -0.4 is 5.32 Å². The second kappa shape index (κ2) is 6.78. The third-order valence-electron chi connectivity index (χ3n) is 2.88. The minimum Gasteiger partial charge on any atom is -0.310 e. The molecular weight excluding hydrogens is 248 g/mol. The second-order valence-electron chi connectivity index (χ2n) is 4.79. The molecule has 0 aliphatic carbocycles. The molecule has 1 aliphatic rings. The summed E-state index contributed by atoms with van der Waals surface area (Å²) in [4.78, 5) is 5.54. The Morgan fingerprint density at radius 3 is 2.65 bits per heavy atom. The van der Waals surface area contributed by atoms with Gasteiger partial charge in [-0.1, -0.05) is 13.8 Å². The van der Waals surface area contributed by atoms with Crippen LogP contribution in [0.1, 0.15) is 23.6 Å². The van der Waals surface area contributed by atoms with Crippen LogP contribution in [0.3, 0.4) is 0 Å². The van der Waals surface area contributed by atoms with Crippen LogP contribution >= 0.6 is 23.1 Å². The Labute approximate surface area is 113 Å². The Morgan fingerprint density at radius 1 is 1.24 bits per heavy atom. The maximum absolute atomic E-state index is 3.47. The maximum Gasteiger partial charge on any atom is 0.0328 e. The minimum atomic E-state index is 0.569. The molecule has 0 saturated carbocycles. The quantitative estimate of drug-likeness (QED) is 0.886. The molecule has 17 heavy (non-hydrogen) atoms. The third kappa shape index (κ3) is 4.62. The Morgan fingerprint density at radius 2 is 1.94 bits per heavy atom. The first kappa shape index (κ1) is 13.4. The second-order valence-corrected chi connectivity index (χ2v) is 7.27. The van der Waals surface area contributed by atoms with Crippen molar-refractivity contribution in [2.75, 3.05) is 24.6 Å². The number of thiophene rings is 1. The molecule has 1 aromatic rings. The van der Waals surface area contributed by atoms with Crippen molar-refractivity contribution >= 4 is 23.1 Å². The van der Waals surface area contributed by atoms with Crippen LogP contribution in [0.15, 0.2) is 12.1 Å². The van der Waals surface area contributed by atoms with Crippen LogP contribution in [0.4, 0.5) is 0 Å². The average molecular weight is 270 g/mol. The van der Waals surface area contributed by atoms with Crippen molar-refractivity contribution in [3.8, 4) is 0 Å². The summed E-state index contributed by atoms with van der Waals surface area (Å²) >= 11 is 4.04. The van der Waals surface area contributed by atoms with E-state index in [1.54, 1.807) is 0 Å². The molecule has 0 unspecified atom stereocenters. The lowest BCUT2D eigenvalue weighted by molar-refractivity contribution is 0.297. The lowest BCUT2D eigenvalue weighted by atomic mass is 10.3. The summed E-state index contributed by atoms with van der Waals surface area (Å²) in [5.74, 6) is 2.60. The lowest BCUT2D eigenvalue weighted by Gasteiger charge is -2.25. The standard InChI is InChI=1S/C13H22N2S2/c1-11(2)14-9-12-3-4-13(17-12)10-15-5-7-16-8-6-15/h3-4,11,14H,5-10H2,1-2H3. The number of hydrogen-bond acceptors (Lipinski definition) is 4. The van der Waals surface area contributed by atoms with Gasteiger partial charge in [-0.2, -0.15) is 11.8 Å². The van der Waals surface area contributed by atoms with Crippen LogP contribution in [0.5, 0.6) is 0 Å². The molecule has 1 aliphatic heterocycles. The first-order valence-corrected chi connectivity index (χ1v) is 8.32. The van der Waals surface area contributed by atoms with Crippen LogP contribution in [-0.2, 0) is 13.1 Å². The van der Waals surface area contributed by atoms with E-state index in [1.165, 1.54) is 34.3 Å². The van der Waals surface area contributed by atoms with E-state index in [2.05, 4.69) is 48.0 Å². The zero-order valence-electron chi connectivity index (χ0n) is 10.7. The van der Waals surface area contributed by atoms with Gasteiger partial charge in [-0.05, 0) is 12.1 Å². The van der Waals surface area contributed by atoms with Crippen molar-refractivity contribution in [2.24, 2.45) is 0 Å². The molecule has 1 N–H and O–H groups in total. The third-order valence-corrected chi connectivity index (χ3v) is 4.90. The summed E-state index contributed by atoms with van der Waals surface area (Å²) in [6.45, 7) is 9.05. The van der Waals surface area contributed by atoms with Gasteiger partial charge >= 0.3 is 0 Å². The van der Waals surface area contributed by atoms with Crippen LogP contribution in [0.2, 0.25) is 0 Å². The summed E-state index contributed by atoms with van der Waals surface area (Å²) < 4.78 is 0. The number of hydrogen-bond donors (Lipinski definition) is 1. The predicted molar refractivity (Wildman–Crippen MR) is 78.9 cm³/mol. The van der Waals surface area contributed by atoms with Gasteiger partial charge in [0.2, 0.25) is 0 Å². The number of thioether (sulfide) groups is 1. The molecule has 0 radical (unpaired) electrons. The maximum atomic E-state index is 3.47. The lowest BCUT2D eigenvalue weighted by Crippen LogP contribution is -2.31. The van der Waals surface area contributed by atoms with Gasteiger partial charge in [-0.25, -0.2) is 0 Å². The summed E-state index contributed by atoms with van der Waals surface area (Å²) in [5, 5.41) is 3.47. The highest BCUT2D eigenvalue weighted by Crippen LogP contribution is 2.20. The Hall–Kier alpha value is -0.0300. The molecule has 0 atom stereocenters. The van der Waals surface area contributed by atoms with Gasteiger partial charge in [0.25, 0.3) is 0 Å². The van der Waals surface area contributed by atoms with E-state index in [1.807, 2.05) is 11.3 Å². The molecule has 2 nitrogen and oxygen atoms in total. The molecule has 0 spiro atoms. The van der Waals surface area contributed by atoms with Gasteiger partial charge in [0.1, 0.15) is 0 Å². The van der Waals surface area contributed by atoms with Crippen LogP contribution in [-0.4, -0.2) is 35.5 Å². The molecule has 1 fully saturated rings. The van der Waals surface area contributed by atoms with Gasteiger partial charge < -0.3 is 5.32 Å². The highest BCUT2D eigenvalue weighted by atomic mass is 32.2. The van der Waals surface area contributed by atoms with Crippen molar-refractivity contribution in [2.45, 2.75) is 33.0 Å². The van der Waals surface area contributed by atoms with Crippen molar-refractivity contribution in [1.29, 1.82) is 0 Å². The fourth-order valence-electron chi connectivity index (χ4n) is 1.89. The Bertz CT molecular complexity index is 330. The largest absolute Gasteiger partial charge is 0.310 e. The first-order chi connectivity index (χ1) is 8.24. The normalized spacial score (nSPS) is 17.8. The molecule has 0 bridgehead atoms. The zero-order valence-corrected chi connectivity index (χ0v) is 12.4. The topological polar surface area (TPSA) is 15.3 Å². The predicted octanol–water partition coefficient (Wildman–Crippen LogP) is 2.79. The SMILES string of the molecule is CC(C)NCc1ccc(CN2CCSCC2)s1. The molecule has 2 rings (SSSR count). The van der Waals surface area contributed by atoms with E-state index in [-0.39, 0.29) is 0 Å². The highest BCUT2D eigenvalue weighted by Gasteiger charge is 2.11. The van der Waals surface area contributed by atoms with E-state index in [4.69, 9.17) is 0 Å². The summed E-state index contributed by atoms with van der Waals surface area (Å²) in [6, 6.07) is 5.14. The molecule has 1 saturated heterocycles. The minimum absolute atomic E-state index is 0.569. The molecule has 96 valence electrons. The molecule has 2 heterocycles. The van der Waals surface area contributed by atoms with E-state index in [0.717, 1.165) is 13.1 Å². The molecule has 0 aromatic carbocycles. The van der Waals surface area contributed by atoms with Gasteiger partial charge in [0.05, 0.1) is 0 Å². The smallest absolute Gasteiger partial charge is 0.0328 e. The molecule has 4 heteroatoms. The van der Waals surface area contributed by atoms with Gasteiger partial charge in [-0.15, -0.1) is 11.3 Å². The van der Waals surface area contributed by atoms with Gasteiger partial charge in [0, 0.05) is 53.5 Å². The van der Waals surface area contributed by atoms with E-state index in [0.29, 0.717) is 6.04 Å². The molecule has 1 aromatic heterocycles. The van der Waals surface area contributed by atoms with Crippen LogP contribution in [0.25, 0.3) is 0 Å². The van der Waals surface area contributed by atoms with Crippen molar-refractivity contribution in [3.63, 3.8) is 0 Å². The first-order valence-electron chi connectivity index (χ1n) is 6.35. The fraction of sp³-hybridized carbons (Fsp3) is 0.692. The van der Waals surface area contributed by atoms with Crippen molar-refractivity contribution < 1.29 is 0 Å². The Balaban J connectivity index is 1.80. The summed E-state index contributed by atoms with van der Waals surface area (Å²) in [6.07, 6.45) is 0. The molecular formula is C13H22N2S2. The number of rotatable bonds is 5. The highest BCUT2D eigenvalue weighted by molar-refractivity contribution is 7.99. The van der Waals surface area contributed by atoms with Gasteiger partial charge in [0.15, 0.2) is 0 Å². The average Bonchev–Trinajstić information content (AvgIpc) is 2.75. The number of nitrogens with zero attached hydrogens (tertiary/aromatic N) is 1. The Kier molecular flexibility index (Phi) is 5.35. The zero-order chi connectivity index (χ0) is 12.1. The fourth-order valence-corrected chi connectivity index (χ4v) is 3.88. The van der Waals surface area contributed by atoms with Crippen LogP contribution in [0, 0.1) is 0 Å². The summed E-state index contributed by atoms with van der Waals surface area (Å²) in [5.41, 5.74) is 0. The van der Waals surface area contributed by atoms with E-state index >= 15 is 0 Å². The monoisotopic (exact) mass is 270 g/mol. The van der Waals surface area contributed by atoms with E-state index in [9.17, 15) is 0 Å². The van der Waals surface area contributed by atoms with Gasteiger partial charge in [-0.3, -0.25) is 4.90 Å². The summed E-state index contributed by atoms with van der Waals surface area (Å²) in [7, 11) is 0. The van der Waals surface area contributed by atoms with Crippen molar-refractivity contribution in [1.82, 2.24) is 10.2 Å². The molecule has 0 amide bonds. The number of nitrogens with one attached hydrogen (secondary N) is 1.